The number of carbonyl (C=O) groups is 2. The number of aromatic nitrogens is 3. The van der Waals surface area contributed by atoms with Crippen molar-refractivity contribution >= 4 is 38.7 Å². The molecule has 0 saturated carbocycles. The molecule has 1 amide bonds. The van der Waals surface area contributed by atoms with E-state index in [9.17, 15) is 14.4 Å². The van der Waals surface area contributed by atoms with Crippen molar-refractivity contribution in [1.29, 1.82) is 0 Å². The van der Waals surface area contributed by atoms with E-state index in [1.165, 1.54) is 0 Å². The molecule has 1 N–H and O–H groups in total. The molecule has 26 heavy (non-hydrogen) atoms. The Balaban J connectivity index is 1.57. The second-order valence-corrected chi connectivity index (χ2v) is 6.17. The molecule has 0 aliphatic carbocycles. The lowest BCUT2D eigenvalue weighted by molar-refractivity contribution is -0.146. The van der Waals surface area contributed by atoms with E-state index in [-0.39, 0.29) is 13.3 Å². The van der Waals surface area contributed by atoms with Gasteiger partial charge in [0.15, 0.2) is 6.73 Å². The minimum absolute atomic E-state index is 0.332. The number of ether oxygens (including phenoxy) is 1. The van der Waals surface area contributed by atoms with Crippen LogP contribution in [-0.4, -0.2) is 33.4 Å². The molecule has 8 nitrogen and oxygen atoms in total. The molecule has 0 saturated heterocycles. The van der Waals surface area contributed by atoms with Crippen molar-refractivity contribution in [2.24, 2.45) is 0 Å². The van der Waals surface area contributed by atoms with Crippen molar-refractivity contribution < 1.29 is 14.3 Å². The first kappa shape index (κ1) is 17.7. The number of amides is 1. The van der Waals surface area contributed by atoms with Crippen LogP contribution in [-0.2, 0) is 16.3 Å². The number of fused-ring (bicyclic) bond motifs is 1. The van der Waals surface area contributed by atoms with Crippen LogP contribution in [0.4, 0.5) is 0 Å². The Morgan fingerprint density at radius 1 is 1.15 bits per heavy atom. The Morgan fingerprint density at radius 2 is 1.96 bits per heavy atom. The number of hydrogen-bond acceptors (Lipinski definition) is 6. The lowest BCUT2D eigenvalue weighted by atomic mass is 10.2. The van der Waals surface area contributed by atoms with Gasteiger partial charge in [0.1, 0.15) is 12.1 Å². The molecular weight excluding hydrogens is 404 g/mol. The van der Waals surface area contributed by atoms with Crippen molar-refractivity contribution in [3.63, 3.8) is 0 Å². The topological polar surface area (TPSA) is 103 Å². The van der Waals surface area contributed by atoms with E-state index in [1.54, 1.807) is 48.5 Å². The van der Waals surface area contributed by atoms with Gasteiger partial charge in [-0.2, -0.15) is 4.68 Å². The molecule has 1 aromatic heterocycles. The number of carbonyl (C=O) groups excluding carboxylic acids is 2. The van der Waals surface area contributed by atoms with E-state index < -0.39 is 17.4 Å². The lowest BCUT2D eigenvalue weighted by Crippen LogP contribution is -2.32. The maximum absolute atomic E-state index is 12.2. The number of nitrogens with zero attached hydrogens (tertiary/aromatic N) is 3. The van der Waals surface area contributed by atoms with Crippen LogP contribution in [0.25, 0.3) is 10.9 Å². The Morgan fingerprint density at radius 3 is 2.77 bits per heavy atom. The summed E-state index contributed by atoms with van der Waals surface area (Å²) in [7, 11) is 0. The summed E-state index contributed by atoms with van der Waals surface area (Å²) in [6.45, 7) is -0.719. The molecule has 0 bridgehead atoms. The number of benzene rings is 2. The van der Waals surface area contributed by atoms with Gasteiger partial charge < -0.3 is 10.1 Å². The second kappa shape index (κ2) is 7.87. The van der Waals surface area contributed by atoms with Crippen molar-refractivity contribution in [2.45, 2.75) is 6.73 Å². The molecule has 3 aromatic rings. The summed E-state index contributed by atoms with van der Waals surface area (Å²) < 4.78 is 6.66. The highest BCUT2D eigenvalue weighted by Crippen LogP contribution is 2.11. The van der Waals surface area contributed by atoms with Gasteiger partial charge in [-0.15, -0.1) is 5.10 Å². The first-order chi connectivity index (χ1) is 12.5. The molecule has 0 spiro atoms. The Kier molecular flexibility index (Phi) is 5.37. The predicted molar refractivity (Wildman–Crippen MR) is 96.4 cm³/mol. The van der Waals surface area contributed by atoms with Crippen LogP contribution in [0.5, 0.6) is 0 Å². The third-order valence-electron chi connectivity index (χ3n) is 3.46. The van der Waals surface area contributed by atoms with Crippen molar-refractivity contribution in [2.75, 3.05) is 6.54 Å². The molecule has 132 valence electrons. The van der Waals surface area contributed by atoms with Gasteiger partial charge in [0.25, 0.3) is 11.5 Å². The average molecular weight is 417 g/mol. The molecule has 1 heterocycles. The fourth-order valence-electron chi connectivity index (χ4n) is 2.18. The largest absolute Gasteiger partial charge is 0.441 e. The summed E-state index contributed by atoms with van der Waals surface area (Å²) in [6, 6.07) is 13.5. The molecule has 9 heteroatoms. The highest BCUT2D eigenvalue weighted by Gasteiger charge is 2.11. The predicted octanol–water partition coefficient (Wildman–Crippen LogP) is 1.48. The van der Waals surface area contributed by atoms with Crippen LogP contribution in [0.3, 0.4) is 0 Å². The minimum Gasteiger partial charge on any atom is -0.441 e. The summed E-state index contributed by atoms with van der Waals surface area (Å²) in [5.74, 6) is -1.11. The fourth-order valence-corrected chi connectivity index (χ4v) is 2.58. The zero-order valence-electron chi connectivity index (χ0n) is 13.4. The number of rotatable bonds is 5. The van der Waals surface area contributed by atoms with E-state index in [4.69, 9.17) is 4.74 Å². The van der Waals surface area contributed by atoms with E-state index in [1.807, 2.05) is 0 Å². The van der Waals surface area contributed by atoms with Crippen molar-refractivity contribution in [3.05, 3.63) is 68.9 Å². The first-order valence-corrected chi connectivity index (χ1v) is 8.36. The van der Waals surface area contributed by atoms with Crippen molar-refractivity contribution in [1.82, 2.24) is 20.3 Å². The normalized spacial score (nSPS) is 10.5. The minimum atomic E-state index is -0.699. The summed E-state index contributed by atoms with van der Waals surface area (Å²) in [5.41, 5.74) is 0.451. The second-order valence-electron chi connectivity index (χ2n) is 5.25. The Hall–Kier alpha value is -3.07. The van der Waals surface area contributed by atoms with Gasteiger partial charge >= 0.3 is 5.97 Å². The molecule has 2 aromatic carbocycles. The van der Waals surface area contributed by atoms with Gasteiger partial charge in [-0.1, -0.05) is 39.3 Å². The third-order valence-corrected chi connectivity index (χ3v) is 3.95. The number of hydrogen-bond donors (Lipinski definition) is 1. The van der Waals surface area contributed by atoms with Crippen LogP contribution in [0, 0.1) is 0 Å². The van der Waals surface area contributed by atoms with E-state index >= 15 is 0 Å². The number of esters is 1. The maximum atomic E-state index is 12.2. The molecule has 0 radical (unpaired) electrons. The Labute approximate surface area is 155 Å². The number of halogens is 1. The van der Waals surface area contributed by atoms with Crippen LogP contribution < -0.4 is 10.9 Å². The highest BCUT2D eigenvalue weighted by molar-refractivity contribution is 9.10. The highest BCUT2D eigenvalue weighted by atomic mass is 79.9. The Bertz CT molecular complexity index is 1030. The summed E-state index contributed by atoms with van der Waals surface area (Å²) in [6.07, 6.45) is 0. The third kappa shape index (κ3) is 4.12. The summed E-state index contributed by atoms with van der Waals surface area (Å²) in [5, 5.41) is 10.4. The maximum Gasteiger partial charge on any atom is 0.327 e. The van der Waals surface area contributed by atoms with E-state index in [2.05, 4.69) is 31.6 Å². The number of nitrogens with one attached hydrogen (secondary N) is 1. The van der Waals surface area contributed by atoms with Crippen LogP contribution in [0.1, 0.15) is 10.4 Å². The standard InChI is InChI=1S/C17H13BrN4O4/c18-12-5-3-4-11(8-12)16(24)19-9-15(23)26-10-22-17(25)13-6-1-2-7-14(13)20-21-22/h1-8H,9-10H2,(H,19,24). The van der Waals surface area contributed by atoms with Crippen LogP contribution in [0.15, 0.2) is 57.8 Å². The zero-order chi connectivity index (χ0) is 18.5. The molecule has 0 aliphatic rings. The first-order valence-electron chi connectivity index (χ1n) is 7.56. The molecule has 0 fully saturated rings. The van der Waals surface area contributed by atoms with Gasteiger partial charge in [-0.25, -0.2) is 0 Å². The summed E-state index contributed by atoms with van der Waals surface area (Å²) >= 11 is 3.27. The quantitative estimate of drug-likeness (QED) is 0.631. The van der Waals surface area contributed by atoms with Gasteiger partial charge in [-0.3, -0.25) is 14.4 Å². The molecule has 3 rings (SSSR count). The zero-order valence-corrected chi connectivity index (χ0v) is 15.0. The molecule has 0 aliphatic heterocycles. The van der Waals surface area contributed by atoms with Gasteiger partial charge in [-0.05, 0) is 30.3 Å². The monoisotopic (exact) mass is 416 g/mol. The summed E-state index contributed by atoms with van der Waals surface area (Å²) in [4.78, 5) is 36.0. The van der Waals surface area contributed by atoms with E-state index in [0.29, 0.717) is 16.5 Å². The molecule has 0 unspecified atom stereocenters. The molecule has 0 atom stereocenters. The molecular formula is C17H13BrN4O4. The van der Waals surface area contributed by atoms with Crippen LogP contribution in [0.2, 0.25) is 0 Å². The van der Waals surface area contributed by atoms with Gasteiger partial charge in [0, 0.05) is 10.0 Å². The van der Waals surface area contributed by atoms with Crippen LogP contribution >= 0.6 is 15.9 Å². The van der Waals surface area contributed by atoms with E-state index in [0.717, 1.165) is 9.15 Å². The van der Waals surface area contributed by atoms with Crippen molar-refractivity contribution in [3.8, 4) is 0 Å². The van der Waals surface area contributed by atoms with Gasteiger partial charge in [0.05, 0.1) is 5.39 Å². The lowest BCUT2D eigenvalue weighted by Gasteiger charge is -2.08. The smallest absolute Gasteiger partial charge is 0.327 e. The fraction of sp³-hybridized carbons (Fsp3) is 0.118. The van der Waals surface area contributed by atoms with Gasteiger partial charge in [0.2, 0.25) is 0 Å². The SMILES string of the molecule is O=C(CNC(=O)c1cccc(Br)c1)OCn1nnc2ccccc2c1=O. The average Bonchev–Trinajstić information content (AvgIpc) is 2.65.